The average molecular weight is 345 g/mol. The molecule has 0 unspecified atom stereocenters. The zero-order valence-corrected chi connectivity index (χ0v) is 13.5. The van der Waals surface area contributed by atoms with Crippen molar-refractivity contribution in [3.8, 4) is 0 Å². The van der Waals surface area contributed by atoms with Crippen LogP contribution in [0.1, 0.15) is 23.8 Å². The molecule has 0 amide bonds. The Morgan fingerprint density at radius 2 is 2.05 bits per heavy atom. The van der Waals surface area contributed by atoms with Gasteiger partial charge in [-0.3, -0.25) is 4.90 Å². The number of rotatable bonds is 3. The van der Waals surface area contributed by atoms with Crippen LogP contribution in [0.2, 0.25) is 0 Å². The van der Waals surface area contributed by atoms with E-state index in [1.165, 1.54) is 22.2 Å². The smallest absolute Gasteiger partial charge is 0.0472 e. The molecule has 0 saturated carbocycles. The molecule has 5 heteroatoms. The minimum atomic E-state index is 0.585. The maximum Gasteiger partial charge on any atom is 0.0472 e. The number of thiophene rings is 1. The summed E-state index contributed by atoms with van der Waals surface area (Å²) in [6.45, 7) is 6.42. The quantitative estimate of drug-likeness (QED) is 0.912. The Balaban J connectivity index is 1.81. The number of hydrogen-bond acceptors (Lipinski definition) is 4. The molecule has 1 atom stereocenters. The fraction of sp³-hybridized carbons (Fsp3) is 0.714. The van der Waals surface area contributed by atoms with Gasteiger partial charge in [0.25, 0.3) is 0 Å². The number of ether oxygens (including phenoxy) is 1. The number of hydrogen-bond donors (Lipinski definition) is 1. The predicted molar refractivity (Wildman–Crippen MR) is 82.7 cm³/mol. The van der Waals surface area contributed by atoms with Gasteiger partial charge in [-0.1, -0.05) is 0 Å². The van der Waals surface area contributed by atoms with Crippen LogP contribution in [0, 0.1) is 5.92 Å². The Morgan fingerprint density at radius 1 is 1.32 bits per heavy atom. The van der Waals surface area contributed by atoms with Crippen LogP contribution in [0.5, 0.6) is 0 Å². The Kier molecular flexibility index (Phi) is 4.92. The maximum absolute atomic E-state index is 5.54. The van der Waals surface area contributed by atoms with Crippen LogP contribution in [-0.4, -0.2) is 44.3 Å². The molecule has 2 aliphatic rings. The van der Waals surface area contributed by atoms with E-state index in [4.69, 9.17) is 4.74 Å². The maximum atomic E-state index is 5.54. The third kappa shape index (κ3) is 3.39. The van der Waals surface area contributed by atoms with Gasteiger partial charge in [-0.2, -0.15) is 0 Å². The molecule has 3 nitrogen and oxygen atoms in total. The molecular weight excluding hydrogens is 324 g/mol. The first-order valence-electron chi connectivity index (χ1n) is 7.11. The van der Waals surface area contributed by atoms with Gasteiger partial charge in [0.05, 0.1) is 0 Å². The lowest BCUT2D eigenvalue weighted by atomic mass is 9.89. The second kappa shape index (κ2) is 6.68. The van der Waals surface area contributed by atoms with Crippen molar-refractivity contribution in [1.29, 1.82) is 0 Å². The van der Waals surface area contributed by atoms with Crippen LogP contribution < -0.4 is 5.32 Å². The van der Waals surface area contributed by atoms with E-state index < -0.39 is 0 Å². The number of piperazine rings is 1. The molecular formula is C14H21BrN2OS. The second-order valence-corrected chi connectivity index (χ2v) is 7.21. The van der Waals surface area contributed by atoms with Crippen LogP contribution >= 0.6 is 27.3 Å². The van der Waals surface area contributed by atoms with Gasteiger partial charge < -0.3 is 10.1 Å². The lowest BCUT2D eigenvalue weighted by Crippen LogP contribution is -2.47. The van der Waals surface area contributed by atoms with Gasteiger partial charge in [0.15, 0.2) is 0 Å². The van der Waals surface area contributed by atoms with Gasteiger partial charge in [-0.25, -0.2) is 0 Å². The van der Waals surface area contributed by atoms with Gasteiger partial charge in [0.1, 0.15) is 0 Å². The molecule has 2 aliphatic heterocycles. The summed E-state index contributed by atoms with van der Waals surface area (Å²) >= 11 is 5.50. The lowest BCUT2D eigenvalue weighted by molar-refractivity contribution is 0.0223. The van der Waals surface area contributed by atoms with Gasteiger partial charge in [-0.05, 0) is 40.8 Å². The summed E-state index contributed by atoms with van der Waals surface area (Å²) in [4.78, 5) is 4.19. The van der Waals surface area contributed by atoms with E-state index in [0.29, 0.717) is 6.04 Å². The minimum Gasteiger partial charge on any atom is -0.381 e. The van der Waals surface area contributed by atoms with E-state index >= 15 is 0 Å². The third-order valence-electron chi connectivity index (χ3n) is 4.14. The molecule has 0 aromatic carbocycles. The first kappa shape index (κ1) is 14.0. The number of halogens is 1. The van der Waals surface area contributed by atoms with Crippen molar-refractivity contribution in [2.75, 3.05) is 39.4 Å². The molecule has 0 aliphatic carbocycles. The summed E-state index contributed by atoms with van der Waals surface area (Å²) in [5.74, 6) is 0.748. The average Bonchev–Trinajstić information content (AvgIpc) is 2.88. The predicted octanol–water partition coefficient (Wildman–Crippen LogP) is 2.88. The Hall–Kier alpha value is 0.0600. The second-order valence-electron chi connectivity index (χ2n) is 5.35. The molecule has 1 aromatic rings. The molecule has 1 aromatic heterocycles. The molecule has 0 radical (unpaired) electrons. The van der Waals surface area contributed by atoms with Gasteiger partial charge in [0, 0.05) is 60.2 Å². The summed E-state index contributed by atoms with van der Waals surface area (Å²) in [6.07, 6.45) is 2.40. The van der Waals surface area contributed by atoms with Gasteiger partial charge in [-0.15, -0.1) is 11.3 Å². The molecule has 19 heavy (non-hydrogen) atoms. The van der Waals surface area contributed by atoms with E-state index in [0.717, 1.165) is 45.3 Å². The van der Waals surface area contributed by atoms with Crippen LogP contribution in [0.25, 0.3) is 0 Å². The minimum absolute atomic E-state index is 0.585. The fourth-order valence-corrected chi connectivity index (χ4v) is 4.86. The largest absolute Gasteiger partial charge is 0.381 e. The molecule has 106 valence electrons. The Labute approximate surface area is 127 Å². The number of nitrogens with one attached hydrogen (secondary N) is 1. The monoisotopic (exact) mass is 344 g/mol. The van der Waals surface area contributed by atoms with Gasteiger partial charge in [0.2, 0.25) is 0 Å². The van der Waals surface area contributed by atoms with E-state index in [9.17, 15) is 0 Å². The highest BCUT2D eigenvalue weighted by Crippen LogP contribution is 2.39. The molecule has 2 fully saturated rings. The van der Waals surface area contributed by atoms with Crippen molar-refractivity contribution < 1.29 is 4.74 Å². The standard InChI is InChI=1S/C14H21BrN2OS/c15-12-9-13(19-10-12)14(11-1-7-18-8-2-11)17-5-3-16-4-6-17/h9-11,14,16H,1-8H2/t14-/m0/s1. The summed E-state index contributed by atoms with van der Waals surface area (Å²) in [7, 11) is 0. The van der Waals surface area contributed by atoms with Crippen molar-refractivity contribution in [1.82, 2.24) is 10.2 Å². The van der Waals surface area contributed by atoms with Crippen LogP contribution in [0.3, 0.4) is 0 Å². The number of nitrogens with zero attached hydrogens (tertiary/aromatic N) is 1. The lowest BCUT2D eigenvalue weighted by Gasteiger charge is -2.40. The van der Waals surface area contributed by atoms with Crippen molar-refractivity contribution in [2.24, 2.45) is 5.92 Å². The molecule has 0 bridgehead atoms. The normalized spacial score (nSPS) is 24.5. The van der Waals surface area contributed by atoms with Crippen LogP contribution in [0.15, 0.2) is 15.9 Å². The van der Waals surface area contributed by atoms with E-state index in [2.05, 4.69) is 37.6 Å². The van der Waals surface area contributed by atoms with Crippen LogP contribution in [-0.2, 0) is 4.74 Å². The van der Waals surface area contributed by atoms with Crippen molar-refractivity contribution in [3.05, 3.63) is 20.8 Å². The van der Waals surface area contributed by atoms with Crippen LogP contribution in [0.4, 0.5) is 0 Å². The SMILES string of the molecule is Brc1csc([C@H](C2CCOCC2)N2CCNCC2)c1. The molecule has 3 heterocycles. The Bertz CT molecular complexity index is 382. The highest BCUT2D eigenvalue weighted by molar-refractivity contribution is 9.10. The molecule has 0 spiro atoms. The fourth-order valence-electron chi connectivity index (χ4n) is 3.19. The van der Waals surface area contributed by atoms with Crippen molar-refractivity contribution in [3.63, 3.8) is 0 Å². The first-order chi connectivity index (χ1) is 9.34. The summed E-state index contributed by atoms with van der Waals surface area (Å²) in [6, 6.07) is 2.90. The van der Waals surface area contributed by atoms with E-state index in [-0.39, 0.29) is 0 Å². The third-order valence-corrected chi connectivity index (χ3v) is 5.90. The summed E-state index contributed by atoms with van der Waals surface area (Å²) in [5.41, 5.74) is 0. The highest BCUT2D eigenvalue weighted by Gasteiger charge is 2.32. The first-order valence-corrected chi connectivity index (χ1v) is 8.78. The summed E-state index contributed by atoms with van der Waals surface area (Å²) < 4.78 is 6.76. The van der Waals surface area contributed by atoms with Gasteiger partial charge >= 0.3 is 0 Å². The van der Waals surface area contributed by atoms with E-state index in [1.807, 2.05) is 11.3 Å². The zero-order valence-electron chi connectivity index (χ0n) is 11.1. The molecule has 1 N–H and O–H groups in total. The topological polar surface area (TPSA) is 24.5 Å². The molecule has 3 rings (SSSR count). The van der Waals surface area contributed by atoms with E-state index in [1.54, 1.807) is 0 Å². The molecule has 2 saturated heterocycles. The summed E-state index contributed by atoms with van der Waals surface area (Å²) in [5, 5.41) is 5.67. The van der Waals surface area contributed by atoms with Crippen molar-refractivity contribution in [2.45, 2.75) is 18.9 Å². The Morgan fingerprint density at radius 3 is 2.68 bits per heavy atom. The zero-order chi connectivity index (χ0) is 13.1. The highest BCUT2D eigenvalue weighted by atomic mass is 79.9. The van der Waals surface area contributed by atoms with Crippen molar-refractivity contribution >= 4 is 27.3 Å².